The number of benzene rings is 1. The molecule has 9 heteroatoms. The van der Waals surface area contributed by atoms with Crippen LogP contribution in [0.25, 0.3) is 32.1 Å². The minimum atomic E-state index is -0.572. The Labute approximate surface area is 154 Å². The average molecular weight is 386 g/mol. The minimum Gasteiger partial charge on any atom is -0.493 e. The Bertz CT molecular complexity index is 1180. The number of hydrogen-bond acceptors (Lipinski definition) is 8. The van der Waals surface area contributed by atoms with E-state index in [1.807, 2.05) is 22.9 Å². The molecule has 130 valence electrons. The standard InChI is InChI=1S/C17H10N2O5S2/c1-23-13-7-10(19(21)22)5-9-6-11(17(20)24-15(9)13)16-18-12(8-26-16)14-3-2-4-25-14/h2-8H,1H3. The molecule has 0 saturated heterocycles. The van der Waals surface area contributed by atoms with Crippen LogP contribution in [-0.4, -0.2) is 17.0 Å². The highest BCUT2D eigenvalue weighted by atomic mass is 32.1. The van der Waals surface area contributed by atoms with E-state index in [0.29, 0.717) is 10.4 Å². The Balaban J connectivity index is 1.89. The molecule has 0 aliphatic heterocycles. The molecule has 3 heterocycles. The maximum Gasteiger partial charge on any atom is 0.346 e. The van der Waals surface area contributed by atoms with E-state index in [1.54, 1.807) is 17.4 Å². The number of nitro groups is 1. The minimum absolute atomic E-state index is 0.135. The van der Waals surface area contributed by atoms with Gasteiger partial charge in [0.1, 0.15) is 5.01 Å². The molecule has 0 aliphatic rings. The average Bonchev–Trinajstić information content (AvgIpc) is 3.31. The second-order valence-electron chi connectivity index (χ2n) is 5.29. The van der Waals surface area contributed by atoms with E-state index in [9.17, 15) is 14.9 Å². The van der Waals surface area contributed by atoms with Gasteiger partial charge in [-0.2, -0.15) is 0 Å². The summed E-state index contributed by atoms with van der Waals surface area (Å²) in [5.74, 6) is 0.135. The number of non-ortho nitro benzene ring substituents is 1. The van der Waals surface area contributed by atoms with Crippen molar-refractivity contribution in [1.29, 1.82) is 0 Å². The van der Waals surface area contributed by atoms with Gasteiger partial charge in [-0.05, 0) is 17.5 Å². The van der Waals surface area contributed by atoms with E-state index in [1.165, 1.54) is 30.6 Å². The molecule has 26 heavy (non-hydrogen) atoms. The predicted molar refractivity (Wildman–Crippen MR) is 100 cm³/mol. The van der Waals surface area contributed by atoms with Crippen LogP contribution < -0.4 is 10.4 Å². The lowest BCUT2D eigenvalue weighted by Gasteiger charge is -2.05. The monoisotopic (exact) mass is 386 g/mol. The lowest BCUT2D eigenvalue weighted by Crippen LogP contribution is -2.03. The smallest absolute Gasteiger partial charge is 0.346 e. The number of thiophene rings is 1. The van der Waals surface area contributed by atoms with Crippen LogP contribution in [-0.2, 0) is 0 Å². The summed E-state index contributed by atoms with van der Waals surface area (Å²) in [4.78, 5) is 28.5. The van der Waals surface area contributed by atoms with Crippen LogP contribution in [0.3, 0.4) is 0 Å². The van der Waals surface area contributed by atoms with Crippen molar-refractivity contribution in [2.45, 2.75) is 0 Å². The molecule has 0 spiro atoms. The van der Waals surface area contributed by atoms with Gasteiger partial charge in [0.15, 0.2) is 11.3 Å². The molecule has 7 nitrogen and oxygen atoms in total. The third-order valence-corrected chi connectivity index (χ3v) is 5.49. The second kappa shape index (κ2) is 6.36. The molecule has 4 aromatic rings. The van der Waals surface area contributed by atoms with Gasteiger partial charge in [0.2, 0.25) is 0 Å². The van der Waals surface area contributed by atoms with Gasteiger partial charge in [-0.3, -0.25) is 10.1 Å². The van der Waals surface area contributed by atoms with Gasteiger partial charge in [0, 0.05) is 16.8 Å². The number of ether oxygens (including phenoxy) is 1. The SMILES string of the molecule is COc1cc([N+](=O)[O-])cc2cc(-c3nc(-c4cccs4)cs3)c(=O)oc12. The number of rotatable bonds is 4. The molecular formula is C17H10N2O5S2. The van der Waals surface area contributed by atoms with Crippen molar-refractivity contribution in [2.24, 2.45) is 0 Å². The van der Waals surface area contributed by atoms with Gasteiger partial charge < -0.3 is 9.15 Å². The van der Waals surface area contributed by atoms with Gasteiger partial charge in [-0.1, -0.05) is 6.07 Å². The zero-order valence-electron chi connectivity index (χ0n) is 13.3. The van der Waals surface area contributed by atoms with E-state index in [0.717, 1.165) is 10.6 Å². The summed E-state index contributed by atoms with van der Waals surface area (Å²) in [5.41, 5.74) is 0.482. The molecule has 4 rings (SSSR count). The maximum absolute atomic E-state index is 12.4. The Morgan fingerprint density at radius 3 is 2.81 bits per heavy atom. The highest BCUT2D eigenvalue weighted by Gasteiger charge is 2.18. The molecule has 0 fully saturated rings. The normalized spacial score (nSPS) is 11.0. The molecule has 0 amide bonds. The number of nitrogens with zero attached hydrogens (tertiary/aromatic N) is 2. The van der Waals surface area contributed by atoms with E-state index in [-0.39, 0.29) is 22.6 Å². The molecule has 0 radical (unpaired) electrons. The van der Waals surface area contributed by atoms with Crippen LogP contribution in [0, 0.1) is 10.1 Å². The third kappa shape index (κ3) is 2.76. The molecular weight excluding hydrogens is 376 g/mol. The molecule has 0 bridgehead atoms. The number of thiazole rings is 1. The molecule has 0 unspecified atom stereocenters. The van der Waals surface area contributed by atoms with Crippen molar-refractivity contribution in [1.82, 2.24) is 4.98 Å². The third-order valence-electron chi connectivity index (χ3n) is 3.72. The molecule has 0 atom stereocenters. The van der Waals surface area contributed by atoms with Crippen LogP contribution in [0.15, 0.2) is 50.3 Å². The number of fused-ring (bicyclic) bond motifs is 1. The van der Waals surface area contributed by atoms with Crippen molar-refractivity contribution >= 4 is 39.3 Å². The summed E-state index contributed by atoms with van der Waals surface area (Å²) in [7, 11) is 1.36. The van der Waals surface area contributed by atoms with Crippen LogP contribution in [0.1, 0.15) is 0 Å². The summed E-state index contributed by atoms with van der Waals surface area (Å²) in [6.07, 6.45) is 0. The van der Waals surface area contributed by atoms with Crippen LogP contribution in [0.4, 0.5) is 5.69 Å². The Hall–Kier alpha value is -3.04. The van der Waals surface area contributed by atoms with E-state index >= 15 is 0 Å². The van der Waals surface area contributed by atoms with Gasteiger partial charge >= 0.3 is 5.63 Å². The fraction of sp³-hybridized carbons (Fsp3) is 0.0588. The molecule has 0 saturated carbocycles. The first-order valence-electron chi connectivity index (χ1n) is 7.37. The van der Waals surface area contributed by atoms with Gasteiger partial charge in [-0.25, -0.2) is 9.78 Å². The Morgan fingerprint density at radius 1 is 1.27 bits per heavy atom. The highest BCUT2D eigenvalue weighted by Crippen LogP contribution is 2.34. The zero-order chi connectivity index (χ0) is 18.3. The van der Waals surface area contributed by atoms with Crippen molar-refractivity contribution in [3.05, 3.63) is 61.6 Å². The lowest BCUT2D eigenvalue weighted by molar-refractivity contribution is -0.384. The van der Waals surface area contributed by atoms with Crippen molar-refractivity contribution in [3.8, 4) is 26.9 Å². The van der Waals surface area contributed by atoms with Crippen LogP contribution in [0.5, 0.6) is 5.75 Å². The highest BCUT2D eigenvalue weighted by molar-refractivity contribution is 7.15. The van der Waals surface area contributed by atoms with E-state index in [4.69, 9.17) is 9.15 Å². The van der Waals surface area contributed by atoms with Gasteiger partial charge in [-0.15, -0.1) is 22.7 Å². The Kier molecular flexibility index (Phi) is 4.02. The van der Waals surface area contributed by atoms with Gasteiger partial charge in [0.05, 0.1) is 34.2 Å². The summed E-state index contributed by atoms with van der Waals surface area (Å²) in [5, 5.41) is 15.8. The summed E-state index contributed by atoms with van der Waals surface area (Å²) in [6, 6.07) is 7.99. The van der Waals surface area contributed by atoms with Crippen molar-refractivity contribution in [2.75, 3.05) is 7.11 Å². The first-order valence-corrected chi connectivity index (χ1v) is 9.13. The number of hydrogen-bond donors (Lipinski definition) is 0. The van der Waals surface area contributed by atoms with E-state index in [2.05, 4.69) is 4.98 Å². The number of nitro benzene ring substituents is 1. The maximum atomic E-state index is 12.4. The largest absolute Gasteiger partial charge is 0.493 e. The summed E-state index contributed by atoms with van der Waals surface area (Å²) >= 11 is 2.87. The second-order valence-corrected chi connectivity index (χ2v) is 7.09. The topological polar surface area (TPSA) is 95.5 Å². The molecule has 0 aliphatic carbocycles. The van der Waals surface area contributed by atoms with Crippen molar-refractivity contribution < 1.29 is 14.1 Å². The first-order chi connectivity index (χ1) is 12.6. The lowest BCUT2D eigenvalue weighted by atomic mass is 10.1. The van der Waals surface area contributed by atoms with Crippen LogP contribution in [0.2, 0.25) is 0 Å². The zero-order valence-corrected chi connectivity index (χ0v) is 14.9. The fourth-order valence-electron chi connectivity index (χ4n) is 2.53. The number of aromatic nitrogens is 1. The molecule has 0 N–H and O–H groups in total. The fourth-order valence-corrected chi connectivity index (χ4v) is 4.11. The quantitative estimate of drug-likeness (QED) is 0.290. The molecule has 3 aromatic heterocycles. The summed E-state index contributed by atoms with van der Waals surface area (Å²) < 4.78 is 10.5. The number of methoxy groups -OCH3 is 1. The van der Waals surface area contributed by atoms with Crippen LogP contribution >= 0.6 is 22.7 Å². The first kappa shape index (κ1) is 16.4. The Morgan fingerprint density at radius 2 is 2.12 bits per heavy atom. The van der Waals surface area contributed by atoms with Gasteiger partial charge in [0.25, 0.3) is 5.69 Å². The van der Waals surface area contributed by atoms with E-state index < -0.39 is 10.5 Å². The van der Waals surface area contributed by atoms with Crippen molar-refractivity contribution in [3.63, 3.8) is 0 Å². The summed E-state index contributed by atoms with van der Waals surface area (Å²) in [6.45, 7) is 0. The predicted octanol–water partition coefficient (Wildman–Crippen LogP) is 4.56. The molecule has 1 aromatic carbocycles.